The number of rotatable bonds is 2. The number of carbonyl (C=O) groups excluding carboxylic acids is 1. The Labute approximate surface area is 102 Å². The molecule has 0 heterocycles. The maximum atomic E-state index is 12.1. The molecule has 0 bridgehead atoms. The number of benzene rings is 1. The summed E-state index contributed by atoms with van der Waals surface area (Å²) >= 11 is 8.60. The van der Waals surface area contributed by atoms with Gasteiger partial charge in [-0.2, -0.15) is 0 Å². The van der Waals surface area contributed by atoms with Crippen LogP contribution in [0.5, 0.6) is 5.75 Å². The van der Waals surface area contributed by atoms with Gasteiger partial charge in [0.2, 0.25) is 0 Å². The van der Waals surface area contributed by atoms with Crippen molar-refractivity contribution in [1.29, 1.82) is 0 Å². The molecule has 0 amide bonds. The average Bonchev–Trinajstić information content (AvgIpc) is 2.07. The molecule has 0 unspecified atom stereocenters. The number of hydrogen-bond donors (Lipinski definition) is 0. The van der Waals surface area contributed by atoms with E-state index in [1.807, 2.05) is 0 Å². The van der Waals surface area contributed by atoms with Gasteiger partial charge in [0.05, 0.1) is 10.6 Å². The third-order valence-electron chi connectivity index (χ3n) is 1.61. The zero-order chi connectivity index (χ0) is 12.5. The Kier molecular flexibility index (Phi) is 3.85. The molecular formula is C9H5BrClF3O2. The van der Waals surface area contributed by atoms with Crippen LogP contribution in [0.25, 0.3) is 0 Å². The van der Waals surface area contributed by atoms with Gasteiger partial charge >= 0.3 is 6.36 Å². The van der Waals surface area contributed by atoms with Crippen molar-refractivity contribution in [2.24, 2.45) is 0 Å². The van der Waals surface area contributed by atoms with Crippen LogP contribution in [-0.4, -0.2) is 12.1 Å². The van der Waals surface area contributed by atoms with Gasteiger partial charge < -0.3 is 4.74 Å². The van der Waals surface area contributed by atoms with E-state index in [9.17, 15) is 18.0 Å². The minimum absolute atomic E-state index is 0.225. The standard InChI is InChI=1S/C9H5BrClF3O2/c1-4(15)6-2-5(10)3-7(11)8(6)16-9(12,13)14/h2-3H,1H3. The number of hydrogen-bond acceptors (Lipinski definition) is 2. The zero-order valence-corrected chi connectivity index (χ0v) is 10.2. The first-order valence-corrected chi connectivity index (χ1v) is 5.13. The number of ketones is 1. The van der Waals surface area contributed by atoms with Crippen LogP contribution in [0.2, 0.25) is 5.02 Å². The quantitative estimate of drug-likeness (QED) is 0.764. The first-order chi connectivity index (χ1) is 7.20. The molecule has 0 N–H and O–H groups in total. The first-order valence-electron chi connectivity index (χ1n) is 3.96. The van der Waals surface area contributed by atoms with Crippen LogP contribution in [0.1, 0.15) is 17.3 Å². The lowest BCUT2D eigenvalue weighted by atomic mass is 10.1. The van der Waals surface area contributed by atoms with Crippen LogP contribution in [0.3, 0.4) is 0 Å². The summed E-state index contributed by atoms with van der Waals surface area (Å²) in [7, 11) is 0. The minimum Gasteiger partial charge on any atom is -0.403 e. The Morgan fingerprint density at radius 1 is 1.44 bits per heavy atom. The van der Waals surface area contributed by atoms with Gasteiger partial charge in [-0.25, -0.2) is 0 Å². The van der Waals surface area contributed by atoms with Crippen LogP contribution in [0.4, 0.5) is 13.2 Å². The Hall–Kier alpha value is -0.750. The summed E-state index contributed by atoms with van der Waals surface area (Å²) in [6.07, 6.45) is -4.89. The first kappa shape index (κ1) is 13.3. The van der Waals surface area contributed by atoms with E-state index in [-0.39, 0.29) is 10.6 Å². The molecule has 88 valence electrons. The van der Waals surface area contributed by atoms with Crippen molar-refractivity contribution in [3.8, 4) is 5.75 Å². The second-order valence-electron chi connectivity index (χ2n) is 2.87. The normalized spacial score (nSPS) is 11.4. The van der Waals surface area contributed by atoms with E-state index < -0.39 is 17.9 Å². The summed E-state index contributed by atoms with van der Waals surface area (Å²) < 4.78 is 40.3. The Morgan fingerprint density at radius 2 is 2.00 bits per heavy atom. The molecule has 0 aromatic heterocycles. The van der Waals surface area contributed by atoms with Crippen molar-refractivity contribution < 1.29 is 22.7 Å². The van der Waals surface area contributed by atoms with Crippen LogP contribution in [0, 0.1) is 0 Å². The largest absolute Gasteiger partial charge is 0.573 e. The third kappa shape index (κ3) is 3.38. The maximum Gasteiger partial charge on any atom is 0.573 e. The molecule has 1 aromatic rings. The minimum atomic E-state index is -4.89. The maximum absolute atomic E-state index is 12.1. The molecule has 0 spiro atoms. The molecule has 2 nitrogen and oxygen atoms in total. The molecule has 7 heteroatoms. The van der Waals surface area contributed by atoms with Crippen molar-refractivity contribution in [3.63, 3.8) is 0 Å². The molecule has 1 aromatic carbocycles. The number of halogens is 5. The van der Waals surface area contributed by atoms with E-state index in [4.69, 9.17) is 11.6 Å². The van der Waals surface area contributed by atoms with Gasteiger partial charge in [0.15, 0.2) is 11.5 Å². The Bertz CT molecular complexity index is 431. The molecule has 0 saturated carbocycles. The lowest BCUT2D eigenvalue weighted by molar-refractivity contribution is -0.274. The van der Waals surface area contributed by atoms with Gasteiger partial charge in [0.25, 0.3) is 0 Å². The predicted molar refractivity (Wildman–Crippen MR) is 55.8 cm³/mol. The highest BCUT2D eigenvalue weighted by Crippen LogP contribution is 2.36. The average molecular weight is 317 g/mol. The predicted octanol–water partition coefficient (Wildman–Crippen LogP) is 4.20. The molecule has 0 saturated heterocycles. The van der Waals surface area contributed by atoms with Gasteiger partial charge in [0, 0.05) is 4.47 Å². The number of alkyl halides is 3. The molecule has 0 radical (unpaired) electrons. The number of ether oxygens (including phenoxy) is 1. The summed E-state index contributed by atoms with van der Waals surface area (Å²) in [6.45, 7) is 1.13. The van der Waals surface area contributed by atoms with Gasteiger partial charge in [-0.05, 0) is 19.1 Å². The lowest BCUT2D eigenvalue weighted by Crippen LogP contribution is -2.19. The third-order valence-corrected chi connectivity index (χ3v) is 2.34. The van der Waals surface area contributed by atoms with Gasteiger partial charge in [-0.15, -0.1) is 13.2 Å². The Balaban J connectivity index is 3.30. The van der Waals surface area contributed by atoms with Crippen LogP contribution in [-0.2, 0) is 0 Å². The van der Waals surface area contributed by atoms with Crippen molar-refractivity contribution in [2.45, 2.75) is 13.3 Å². The van der Waals surface area contributed by atoms with E-state index in [0.29, 0.717) is 4.47 Å². The monoisotopic (exact) mass is 316 g/mol. The lowest BCUT2D eigenvalue weighted by Gasteiger charge is -2.13. The van der Waals surface area contributed by atoms with Crippen LogP contribution < -0.4 is 4.74 Å². The highest BCUT2D eigenvalue weighted by atomic mass is 79.9. The van der Waals surface area contributed by atoms with Gasteiger partial charge in [0.1, 0.15) is 0 Å². The van der Waals surface area contributed by atoms with Crippen LogP contribution in [0.15, 0.2) is 16.6 Å². The summed E-state index contributed by atoms with van der Waals surface area (Å²) in [5, 5.41) is -0.281. The van der Waals surface area contributed by atoms with Crippen molar-refractivity contribution in [3.05, 3.63) is 27.2 Å². The summed E-state index contributed by atoms with van der Waals surface area (Å²) in [5.41, 5.74) is -0.225. The molecule has 0 aliphatic rings. The van der Waals surface area contributed by atoms with Crippen molar-refractivity contribution in [2.75, 3.05) is 0 Å². The van der Waals surface area contributed by atoms with Crippen molar-refractivity contribution >= 4 is 33.3 Å². The molecule has 0 atom stereocenters. The second kappa shape index (κ2) is 4.63. The fraction of sp³-hybridized carbons (Fsp3) is 0.222. The zero-order valence-electron chi connectivity index (χ0n) is 7.86. The van der Waals surface area contributed by atoms with E-state index >= 15 is 0 Å². The number of Topliss-reactive ketones (excluding diaryl/α,β-unsaturated/α-hetero) is 1. The topological polar surface area (TPSA) is 26.3 Å². The molecule has 0 aliphatic heterocycles. The molecular weight excluding hydrogens is 312 g/mol. The summed E-state index contributed by atoms with van der Waals surface area (Å²) in [6, 6.07) is 2.43. The van der Waals surface area contributed by atoms with E-state index in [1.54, 1.807) is 0 Å². The fourth-order valence-electron chi connectivity index (χ4n) is 1.04. The Morgan fingerprint density at radius 3 is 2.44 bits per heavy atom. The molecule has 0 aliphatic carbocycles. The highest BCUT2D eigenvalue weighted by Gasteiger charge is 2.33. The second-order valence-corrected chi connectivity index (χ2v) is 4.19. The van der Waals surface area contributed by atoms with E-state index in [1.165, 1.54) is 12.1 Å². The molecule has 16 heavy (non-hydrogen) atoms. The SMILES string of the molecule is CC(=O)c1cc(Br)cc(Cl)c1OC(F)(F)F. The van der Waals surface area contributed by atoms with Crippen LogP contribution >= 0.6 is 27.5 Å². The van der Waals surface area contributed by atoms with E-state index in [0.717, 1.165) is 6.92 Å². The van der Waals surface area contributed by atoms with Gasteiger partial charge in [-0.3, -0.25) is 4.79 Å². The highest BCUT2D eigenvalue weighted by molar-refractivity contribution is 9.10. The summed E-state index contributed by atoms with van der Waals surface area (Å²) in [4.78, 5) is 11.1. The summed E-state index contributed by atoms with van der Waals surface area (Å²) in [5.74, 6) is -1.24. The fourth-order valence-corrected chi connectivity index (χ4v) is 1.89. The van der Waals surface area contributed by atoms with Crippen molar-refractivity contribution in [1.82, 2.24) is 0 Å². The van der Waals surface area contributed by atoms with Gasteiger partial charge in [-0.1, -0.05) is 27.5 Å². The number of carbonyl (C=O) groups is 1. The molecule has 1 rings (SSSR count). The smallest absolute Gasteiger partial charge is 0.403 e. The van der Waals surface area contributed by atoms with E-state index in [2.05, 4.69) is 20.7 Å². The molecule has 0 fully saturated rings.